The Balaban J connectivity index is 1.52. The fourth-order valence-corrected chi connectivity index (χ4v) is 3.44. The maximum atomic E-state index is 11.0. The van der Waals surface area contributed by atoms with Crippen molar-refractivity contribution in [2.75, 3.05) is 26.2 Å². The van der Waals surface area contributed by atoms with E-state index in [1.807, 2.05) is 37.3 Å². The molecule has 1 N–H and O–H groups in total. The summed E-state index contributed by atoms with van der Waals surface area (Å²) in [5.41, 5.74) is 1.93. The predicted molar refractivity (Wildman–Crippen MR) is 95.1 cm³/mol. The zero-order valence-electron chi connectivity index (χ0n) is 14.6. The second-order valence-electron chi connectivity index (χ2n) is 6.47. The van der Waals surface area contributed by atoms with Crippen LogP contribution in [0.2, 0.25) is 0 Å². The molecule has 0 bridgehead atoms. The van der Waals surface area contributed by atoms with Crippen LogP contribution in [0.5, 0.6) is 0 Å². The van der Waals surface area contributed by atoms with Gasteiger partial charge in [-0.2, -0.15) is 0 Å². The largest absolute Gasteiger partial charge is 0.480 e. The van der Waals surface area contributed by atoms with Crippen molar-refractivity contribution >= 4 is 5.97 Å². The molecule has 0 amide bonds. The highest BCUT2D eigenvalue weighted by molar-refractivity contribution is 5.69. The van der Waals surface area contributed by atoms with Gasteiger partial charge in [0.25, 0.3) is 0 Å². The van der Waals surface area contributed by atoms with Crippen LogP contribution < -0.4 is 0 Å². The molecule has 0 atom stereocenters. The van der Waals surface area contributed by atoms with Crippen molar-refractivity contribution in [2.24, 2.45) is 0 Å². The third-order valence-corrected chi connectivity index (χ3v) is 4.78. The van der Waals surface area contributed by atoms with Crippen LogP contribution in [-0.2, 0) is 11.3 Å². The van der Waals surface area contributed by atoms with Gasteiger partial charge >= 0.3 is 5.97 Å². The number of hydrogen-bond acceptors (Lipinski definition) is 5. The van der Waals surface area contributed by atoms with Crippen molar-refractivity contribution in [2.45, 2.75) is 32.4 Å². The van der Waals surface area contributed by atoms with Gasteiger partial charge in [-0.15, -0.1) is 0 Å². The molecule has 25 heavy (non-hydrogen) atoms. The van der Waals surface area contributed by atoms with Gasteiger partial charge in [-0.3, -0.25) is 14.6 Å². The number of carboxylic acid groups (broad SMARTS) is 1. The quantitative estimate of drug-likeness (QED) is 0.833. The minimum Gasteiger partial charge on any atom is -0.480 e. The van der Waals surface area contributed by atoms with Crippen molar-refractivity contribution < 1.29 is 14.3 Å². The molecule has 1 aromatic carbocycles. The molecule has 1 saturated heterocycles. The van der Waals surface area contributed by atoms with E-state index >= 15 is 0 Å². The number of rotatable bonds is 7. The third kappa shape index (κ3) is 4.67. The van der Waals surface area contributed by atoms with Gasteiger partial charge in [-0.25, -0.2) is 4.98 Å². The zero-order valence-corrected chi connectivity index (χ0v) is 14.6. The van der Waals surface area contributed by atoms with Crippen LogP contribution in [-0.4, -0.2) is 58.1 Å². The molecule has 2 aromatic rings. The highest BCUT2D eigenvalue weighted by Crippen LogP contribution is 2.21. The van der Waals surface area contributed by atoms with E-state index in [1.165, 1.54) is 0 Å². The Bertz CT molecular complexity index is 678. The molecule has 1 aliphatic rings. The van der Waals surface area contributed by atoms with Crippen LogP contribution >= 0.6 is 0 Å². The van der Waals surface area contributed by atoms with Gasteiger partial charge in [0.1, 0.15) is 6.26 Å². The first-order chi connectivity index (χ1) is 12.2. The summed E-state index contributed by atoms with van der Waals surface area (Å²) >= 11 is 0. The summed E-state index contributed by atoms with van der Waals surface area (Å²) in [6.45, 7) is 5.61. The minimum absolute atomic E-state index is 0.130. The third-order valence-electron chi connectivity index (χ3n) is 4.78. The van der Waals surface area contributed by atoms with Crippen LogP contribution in [0.15, 0.2) is 41.0 Å². The molecule has 3 rings (SSSR count). The fraction of sp³-hybridized carbons (Fsp3) is 0.474. The average Bonchev–Trinajstić information content (AvgIpc) is 3.09. The molecule has 0 aliphatic carbocycles. The Hall–Kier alpha value is -2.18. The molecule has 1 aromatic heterocycles. The first-order valence-corrected chi connectivity index (χ1v) is 8.83. The monoisotopic (exact) mass is 343 g/mol. The number of oxazole rings is 1. The lowest BCUT2D eigenvalue weighted by Gasteiger charge is -2.37. The zero-order chi connectivity index (χ0) is 17.6. The van der Waals surface area contributed by atoms with E-state index in [9.17, 15) is 4.79 Å². The standard InChI is InChI=1S/C19H25N3O3/c1-2-22(13-18(23)24)17-8-10-21(11-9-17)12-16-14-25-19(20-16)15-6-4-3-5-7-15/h3-7,14,17H,2,8-13H2,1H3,(H,23,24). The predicted octanol–water partition coefficient (Wildman–Crippen LogP) is 2.71. The lowest BCUT2D eigenvalue weighted by atomic mass is 10.0. The molecule has 6 heteroatoms. The molecule has 1 fully saturated rings. The summed E-state index contributed by atoms with van der Waals surface area (Å²) in [5, 5.41) is 9.02. The second kappa shape index (κ2) is 8.27. The molecular weight excluding hydrogens is 318 g/mol. The molecule has 0 spiro atoms. The van der Waals surface area contributed by atoms with Crippen molar-refractivity contribution in [3.05, 3.63) is 42.3 Å². The smallest absolute Gasteiger partial charge is 0.317 e. The number of aromatic nitrogens is 1. The average molecular weight is 343 g/mol. The Labute approximate surface area is 148 Å². The van der Waals surface area contributed by atoms with Gasteiger partial charge in [-0.05, 0) is 31.5 Å². The topological polar surface area (TPSA) is 69.8 Å². The number of carboxylic acids is 1. The summed E-state index contributed by atoms with van der Waals surface area (Å²) in [6.07, 6.45) is 3.71. The summed E-state index contributed by atoms with van der Waals surface area (Å²) in [7, 11) is 0. The molecule has 0 unspecified atom stereocenters. The van der Waals surface area contributed by atoms with E-state index in [4.69, 9.17) is 9.52 Å². The summed E-state index contributed by atoms with van der Waals surface area (Å²) in [6, 6.07) is 10.3. The number of likely N-dealkylation sites (N-methyl/N-ethyl adjacent to an activating group) is 1. The van der Waals surface area contributed by atoms with Gasteiger partial charge < -0.3 is 9.52 Å². The number of benzene rings is 1. The molecule has 6 nitrogen and oxygen atoms in total. The summed E-state index contributed by atoms with van der Waals surface area (Å²) in [5.74, 6) is -0.0931. The number of hydrogen-bond donors (Lipinski definition) is 1. The van der Waals surface area contributed by atoms with E-state index in [-0.39, 0.29) is 6.54 Å². The molecular formula is C19H25N3O3. The Kier molecular flexibility index (Phi) is 5.83. The van der Waals surface area contributed by atoms with Crippen molar-refractivity contribution in [1.82, 2.24) is 14.8 Å². The van der Waals surface area contributed by atoms with E-state index in [0.29, 0.717) is 11.9 Å². The highest BCUT2D eigenvalue weighted by Gasteiger charge is 2.25. The van der Waals surface area contributed by atoms with Crippen molar-refractivity contribution in [3.8, 4) is 11.5 Å². The summed E-state index contributed by atoms with van der Waals surface area (Å²) < 4.78 is 5.60. The van der Waals surface area contributed by atoms with Crippen LogP contribution in [0, 0.1) is 0 Å². The van der Waals surface area contributed by atoms with Gasteiger partial charge in [0, 0.05) is 31.2 Å². The maximum absolute atomic E-state index is 11.0. The molecule has 0 radical (unpaired) electrons. The van der Waals surface area contributed by atoms with Gasteiger partial charge in [0.05, 0.1) is 12.2 Å². The van der Waals surface area contributed by atoms with Crippen LogP contribution in [0.25, 0.3) is 11.5 Å². The van der Waals surface area contributed by atoms with Gasteiger partial charge in [0.2, 0.25) is 5.89 Å². The maximum Gasteiger partial charge on any atom is 0.317 e. The number of aliphatic carboxylic acids is 1. The van der Waals surface area contributed by atoms with Crippen LogP contribution in [0.3, 0.4) is 0 Å². The number of likely N-dealkylation sites (tertiary alicyclic amines) is 1. The lowest BCUT2D eigenvalue weighted by molar-refractivity contribution is -0.139. The van der Waals surface area contributed by atoms with E-state index in [1.54, 1.807) is 6.26 Å². The summed E-state index contributed by atoms with van der Waals surface area (Å²) in [4.78, 5) is 20.0. The number of carbonyl (C=O) groups is 1. The number of piperidine rings is 1. The van der Waals surface area contributed by atoms with Crippen LogP contribution in [0.4, 0.5) is 0 Å². The van der Waals surface area contributed by atoms with Gasteiger partial charge in [-0.1, -0.05) is 25.1 Å². The minimum atomic E-state index is -0.750. The van der Waals surface area contributed by atoms with Crippen LogP contribution in [0.1, 0.15) is 25.5 Å². The number of nitrogens with zero attached hydrogens (tertiary/aromatic N) is 3. The van der Waals surface area contributed by atoms with E-state index in [2.05, 4.69) is 14.8 Å². The fourth-order valence-electron chi connectivity index (χ4n) is 3.44. The normalized spacial score (nSPS) is 16.4. The van der Waals surface area contributed by atoms with E-state index < -0.39 is 5.97 Å². The first-order valence-electron chi connectivity index (χ1n) is 8.83. The van der Waals surface area contributed by atoms with Crippen molar-refractivity contribution in [3.63, 3.8) is 0 Å². The van der Waals surface area contributed by atoms with Crippen molar-refractivity contribution in [1.29, 1.82) is 0 Å². The Morgan fingerprint density at radius 3 is 2.68 bits per heavy atom. The molecule has 0 saturated carbocycles. The van der Waals surface area contributed by atoms with Gasteiger partial charge in [0.15, 0.2) is 0 Å². The SMILES string of the molecule is CCN(CC(=O)O)C1CCN(Cc2coc(-c3ccccc3)n2)CC1. The second-order valence-corrected chi connectivity index (χ2v) is 6.47. The molecule has 134 valence electrons. The first kappa shape index (κ1) is 17.6. The Morgan fingerprint density at radius 1 is 1.32 bits per heavy atom. The molecule has 1 aliphatic heterocycles. The lowest BCUT2D eigenvalue weighted by Crippen LogP contribution is -2.46. The Morgan fingerprint density at radius 2 is 2.04 bits per heavy atom. The van der Waals surface area contributed by atoms with E-state index in [0.717, 1.165) is 50.3 Å². The highest BCUT2D eigenvalue weighted by atomic mass is 16.4. The molecule has 2 heterocycles.